The van der Waals surface area contributed by atoms with Crippen LogP contribution in [0, 0.1) is 5.82 Å². The Kier molecular flexibility index (Phi) is 3.19. The maximum Gasteiger partial charge on any atom is 0.335 e. The van der Waals surface area contributed by atoms with Crippen LogP contribution in [0.25, 0.3) is 0 Å². The Morgan fingerprint density at radius 1 is 0.778 bits per heavy atom. The summed E-state index contributed by atoms with van der Waals surface area (Å²) in [6.07, 6.45) is 0. The van der Waals surface area contributed by atoms with Gasteiger partial charge in [0.2, 0.25) is 0 Å². The molecule has 4 heteroatoms. The van der Waals surface area contributed by atoms with Crippen LogP contribution in [0.2, 0.25) is 0 Å². The molecule has 0 aliphatic heterocycles. The minimum absolute atomic E-state index is 0.116. The molecule has 0 aromatic heterocycles. The lowest BCUT2D eigenvalue weighted by Crippen LogP contribution is -2.02. The van der Waals surface area contributed by atoms with Crippen molar-refractivity contribution in [1.29, 1.82) is 0 Å². The van der Waals surface area contributed by atoms with E-state index in [0.717, 1.165) is 0 Å². The largest absolute Gasteiger partial charge is 0.478 e. The second kappa shape index (κ2) is 4.79. The van der Waals surface area contributed by atoms with Crippen molar-refractivity contribution < 1.29 is 19.1 Å². The Bertz CT molecular complexity index is 585. The molecule has 3 nitrogen and oxygen atoms in total. The van der Waals surface area contributed by atoms with E-state index in [9.17, 15) is 14.0 Å². The zero-order valence-electron chi connectivity index (χ0n) is 9.26. The molecule has 0 atom stereocenters. The summed E-state index contributed by atoms with van der Waals surface area (Å²) in [7, 11) is 0. The van der Waals surface area contributed by atoms with Crippen molar-refractivity contribution in [2.45, 2.75) is 0 Å². The number of hydrogen-bond acceptors (Lipinski definition) is 2. The molecule has 0 spiro atoms. The maximum absolute atomic E-state index is 12.7. The van der Waals surface area contributed by atoms with Crippen molar-refractivity contribution >= 4 is 11.8 Å². The molecule has 0 amide bonds. The first-order chi connectivity index (χ1) is 8.58. The molecule has 90 valence electrons. The fourth-order valence-electron chi connectivity index (χ4n) is 1.53. The van der Waals surface area contributed by atoms with E-state index in [-0.39, 0.29) is 11.3 Å². The van der Waals surface area contributed by atoms with E-state index in [4.69, 9.17) is 5.11 Å². The summed E-state index contributed by atoms with van der Waals surface area (Å²) in [5, 5.41) is 8.74. The molecule has 1 N–H and O–H groups in total. The second-order valence-electron chi connectivity index (χ2n) is 3.72. The van der Waals surface area contributed by atoms with Crippen molar-refractivity contribution in [1.82, 2.24) is 0 Å². The number of hydrogen-bond donors (Lipinski definition) is 1. The van der Waals surface area contributed by atoms with Gasteiger partial charge in [0.15, 0.2) is 5.78 Å². The third-order valence-electron chi connectivity index (χ3n) is 2.50. The third-order valence-corrected chi connectivity index (χ3v) is 2.50. The number of carboxylic acids is 1. The van der Waals surface area contributed by atoms with Crippen molar-refractivity contribution in [3.05, 3.63) is 71.0 Å². The number of ketones is 1. The van der Waals surface area contributed by atoms with Crippen molar-refractivity contribution in [2.75, 3.05) is 0 Å². The molecule has 0 fully saturated rings. The first-order valence-electron chi connectivity index (χ1n) is 5.21. The van der Waals surface area contributed by atoms with Gasteiger partial charge in [-0.05, 0) is 36.4 Å². The summed E-state index contributed by atoms with van der Waals surface area (Å²) in [6, 6.07) is 10.8. The van der Waals surface area contributed by atoms with Gasteiger partial charge in [-0.1, -0.05) is 12.1 Å². The van der Waals surface area contributed by atoms with Crippen molar-refractivity contribution in [2.24, 2.45) is 0 Å². The average molecular weight is 244 g/mol. The van der Waals surface area contributed by atoms with Crippen LogP contribution in [0.5, 0.6) is 0 Å². The van der Waals surface area contributed by atoms with E-state index in [0.29, 0.717) is 11.1 Å². The van der Waals surface area contributed by atoms with Gasteiger partial charge in [-0.3, -0.25) is 4.79 Å². The number of carbonyl (C=O) groups excluding carboxylic acids is 1. The van der Waals surface area contributed by atoms with Crippen molar-refractivity contribution in [3.8, 4) is 0 Å². The quantitative estimate of drug-likeness (QED) is 0.844. The lowest BCUT2D eigenvalue weighted by molar-refractivity contribution is 0.0696. The van der Waals surface area contributed by atoms with E-state index in [1.165, 1.54) is 48.5 Å². The molecule has 0 heterocycles. The summed E-state index contributed by atoms with van der Waals surface area (Å²) in [4.78, 5) is 22.6. The molecule has 0 saturated heterocycles. The Balaban J connectivity index is 2.28. The van der Waals surface area contributed by atoms with Gasteiger partial charge in [0, 0.05) is 11.1 Å². The van der Waals surface area contributed by atoms with Crippen LogP contribution in [0.1, 0.15) is 26.3 Å². The minimum atomic E-state index is -1.05. The van der Waals surface area contributed by atoms with E-state index < -0.39 is 11.8 Å². The van der Waals surface area contributed by atoms with Crippen molar-refractivity contribution in [3.63, 3.8) is 0 Å². The average Bonchev–Trinajstić information content (AvgIpc) is 2.39. The summed E-state index contributed by atoms with van der Waals surface area (Å²) in [5.74, 6) is -1.73. The molecule has 0 unspecified atom stereocenters. The molecule has 2 aromatic carbocycles. The SMILES string of the molecule is O=C(O)c1ccc(C(=O)c2ccc(F)cc2)cc1. The van der Waals surface area contributed by atoms with Crippen LogP contribution in [-0.2, 0) is 0 Å². The monoisotopic (exact) mass is 244 g/mol. The fourth-order valence-corrected chi connectivity index (χ4v) is 1.53. The van der Waals surface area contributed by atoms with Gasteiger partial charge >= 0.3 is 5.97 Å². The molecule has 0 aliphatic rings. The molecule has 2 aromatic rings. The molecule has 0 aliphatic carbocycles. The molecule has 2 rings (SSSR count). The van der Waals surface area contributed by atoms with Gasteiger partial charge in [0.05, 0.1) is 5.56 Å². The van der Waals surface area contributed by atoms with Gasteiger partial charge in [-0.25, -0.2) is 9.18 Å². The van der Waals surface area contributed by atoms with Gasteiger partial charge in [0.1, 0.15) is 5.82 Å². The topological polar surface area (TPSA) is 54.4 Å². The first-order valence-corrected chi connectivity index (χ1v) is 5.21. The molecule has 0 radical (unpaired) electrons. The van der Waals surface area contributed by atoms with Gasteiger partial charge in [-0.2, -0.15) is 0 Å². The number of carboxylic acid groups (broad SMARTS) is 1. The number of carbonyl (C=O) groups is 2. The Labute approximate surface area is 103 Å². The molecule has 18 heavy (non-hydrogen) atoms. The zero-order chi connectivity index (χ0) is 13.1. The van der Waals surface area contributed by atoms with Gasteiger partial charge < -0.3 is 5.11 Å². The van der Waals surface area contributed by atoms with E-state index >= 15 is 0 Å². The van der Waals surface area contributed by atoms with Crippen LogP contribution >= 0.6 is 0 Å². The molecule has 0 bridgehead atoms. The smallest absolute Gasteiger partial charge is 0.335 e. The van der Waals surface area contributed by atoms with Gasteiger partial charge in [-0.15, -0.1) is 0 Å². The lowest BCUT2D eigenvalue weighted by Gasteiger charge is -2.01. The number of halogens is 1. The highest BCUT2D eigenvalue weighted by Gasteiger charge is 2.10. The highest BCUT2D eigenvalue weighted by Crippen LogP contribution is 2.12. The predicted octanol–water partition coefficient (Wildman–Crippen LogP) is 2.75. The van der Waals surface area contributed by atoms with Crippen LogP contribution < -0.4 is 0 Å². The van der Waals surface area contributed by atoms with E-state index in [2.05, 4.69) is 0 Å². The molecular formula is C14H9FO3. The normalized spacial score (nSPS) is 10.1. The second-order valence-corrected chi connectivity index (χ2v) is 3.72. The standard InChI is InChI=1S/C14H9FO3/c15-12-7-5-10(6-8-12)13(16)9-1-3-11(4-2-9)14(17)18/h1-8H,(H,17,18). The highest BCUT2D eigenvalue weighted by molar-refractivity contribution is 6.09. The Hall–Kier alpha value is -2.49. The summed E-state index contributed by atoms with van der Waals surface area (Å²) >= 11 is 0. The van der Waals surface area contributed by atoms with Crippen LogP contribution in [-0.4, -0.2) is 16.9 Å². The summed E-state index contributed by atoms with van der Waals surface area (Å²) < 4.78 is 12.7. The minimum Gasteiger partial charge on any atom is -0.478 e. The molecular weight excluding hydrogens is 235 g/mol. The number of rotatable bonds is 3. The summed E-state index contributed by atoms with van der Waals surface area (Å²) in [6.45, 7) is 0. The predicted molar refractivity (Wildman–Crippen MR) is 63.2 cm³/mol. The summed E-state index contributed by atoms with van der Waals surface area (Å²) in [5.41, 5.74) is 0.844. The lowest BCUT2D eigenvalue weighted by atomic mass is 10.0. The highest BCUT2D eigenvalue weighted by atomic mass is 19.1. The first kappa shape index (κ1) is 12.0. The number of aromatic carboxylic acids is 1. The number of benzene rings is 2. The zero-order valence-corrected chi connectivity index (χ0v) is 9.26. The van der Waals surface area contributed by atoms with E-state index in [1.807, 2.05) is 0 Å². The van der Waals surface area contributed by atoms with E-state index in [1.54, 1.807) is 0 Å². The maximum atomic E-state index is 12.7. The van der Waals surface area contributed by atoms with Crippen LogP contribution in [0.4, 0.5) is 4.39 Å². The molecule has 0 saturated carbocycles. The Morgan fingerprint density at radius 2 is 1.17 bits per heavy atom. The van der Waals surface area contributed by atoms with Gasteiger partial charge in [0.25, 0.3) is 0 Å². The third kappa shape index (κ3) is 2.43. The van der Waals surface area contributed by atoms with Crippen LogP contribution in [0.15, 0.2) is 48.5 Å². The Morgan fingerprint density at radius 3 is 1.61 bits per heavy atom. The fraction of sp³-hybridized carbons (Fsp3) is 0. The van der Waals surface area contributed by atoms with Crippen LogP contribution in [0.3, 0.4) is 0 Å².